The van der Waals surface area contributed by atoms with E-state index < -0.39 is 0 Å². The Bertz CT molecular complexity index is 633. The van der Waals surface area contributed by atoms with Crippen LogP contribution >= 0.6 is 11.6 Å². The minimum atomic E-state index is 0.555. The molecule has 0 N–H and O–H groups in total. The summed E-state index contributed by atoms with van der Waals surface area (Å²) in [6, 6.07) is 4.32. The molecule has 0 amide bonds. The lowest BCUT2D eigenvalue weighted by Crippen LogP contribution is -2.01. The summed E-state index contributed by atoms with van der Waals surface area (Å²) in [5.74, 6) is 0.730. The first-order valence-corrected chi connectivity index (χ1v) is 6.93. The minimum Gasteiger partial charge on any atom is -0.233 e. The summed E-state index contributed by atoms with van der Waals surface area (Å²) in [5.41, 5.74) is 6.79. The van der Waals surface area contributed by atoms with Crippen LogP contribution in [0.1, 0.15) is 34.9 Å². The van der Waals surface area contributed by atoms with Gasteiger partial charge in [0.25, 0.3) is 0 Å². The van der Waals surface area contributed by atoms with Crippen LogP contribution in [0.4, 0.5) is 0 Å². The number of benzene rings is 1. The van der Waals surface area contributed by atoms with Crippen LogP contribution in [0.5, 0.6) is 0 Å². The van der Waals surface area contributed by atoms with Crippen molar-refractivity contribution in [3.05, 3.63) is 45.2 Å². The van der Waals surface area contributed by atoms with Crippen molar-refractivity contribution in [2.24, 2.45) is 0 Å². The lowest BCUT2D eigenvalue weighted by atomic mass is 10.00. The van der Waals surface area contributed by atoms with Gasteiger partial charge in [-0.2, -0.15) is 0 Å². The molecule has 19 heavy (non-hydrogen) atoms. The zero-order chi connectivity index (χ0) is 14.2. The van der Waals surface area contributed by atoms with Crippen molar-refractivity contribution in [2.75, 3.05) is 0 Å². The highest BCUT2D eigenvalue weighted by Crippen LogP contribution is 2.26. The highest BCUT2D eigenvalue weighted by molar-refractivity contribution is 6.30. The maximum Gasteiger partial charge on any atom is 0.161 e. The Labute approximate surface area is 119 Å². The molecule has 0 spiro atoms. The molecule has 0 fully saturated rings. The fourth-order valence-electron chi connectivity index (χ4n) is 2.20. The van der Waals surface area contributed by atoms with E-state index in [1.807, 2.05) is 6.92 Å². The summed E-state index contributed by atoms with van der Waals surface area (Å²) in [7, 11) is 0. The molecule has 100 valence electrons. The second-order valence-corrected chi connectivity index (χ2v) is 5.37. The summed E-state index contributed by atoms with van der Waals surface area (Å²) >= 11 is 6.22. The van der Waals surface area contributed by atoms with E-state index in [0.29, 0.717) is 5.15 Å². The monoisotopic (exact) mass is 274 g/mol. The van der Waals surface area contributed by atoms with Crippen molar-refractivity contribution in [3.63, 3.8) is 0 Å². The topological polar surface area (TPSA) is 25.8 Å². The molecular weight excluding hydrogens is 256 g/mol. The van der Waals surface area contributed by atoms with Crippen LogP contribution in [0.3, 0.4) is 0 Å². The van der Waals surface area contributed by atoms with Gasteiger partial charge in [0.15, 0.2) is 5.82 Å². The molecule has 2 aromatic rings. The third kappa shape index (κ3) is 2.64. The van der Waals surface area contributed by atoms with Gasteiger partial charge >= 0.3 is 0 Å². The molecule has 0 aliphatic carbocycles. The van der Waals surface area contributed by atoms with E-state index in [1.54, 1.807) is 0 Å². The first-order chi connectivity index (χ1) is 8.93. The number of hydrogen-bond acceptors (Lipinski definition) is 2. The molecule has 0 saturated carbocycles. The van der Waals surface area contributed by atoms with Crippen molar-refractivity contribution >= 4 is 11.6 Å². The van der Waals surface area contributed by atoms with E-state index in [-0.39, 0.29) is 0 Å². The van der Waals surface area contributed by atoms with E-state index in [4.69, 9.17) is 11.6 Å². The fourth-order valence-corrected chi connectivity index (χ4v) is 2.39. The standard InChI is InChI=1S/C16H19ClN2/c1-6-14-12(5)15(17)19-16(18-14)13-8-10(3)9(2)7-11(13)4/h7-8H,6H2,1-5H3. The van der Waals surface area contributed by atoms with Gasteiger partial charge in [-0.25, -0.2) is 9.97 Å². The normalized spacial score (nSPS) is 10.8. The molecular formula is C16H19ClN2. The van der Waals surface area contributed by atoms with Gasteiger partial charge in [0.05, 0.1) is 0 Å². The Morgan fingerprint density at radius 3 is 2.21 bits per heavy atom. The quantitative estimate of drug-likeness (QED) is 0.749. The van der Waals surface area contributed by atoms with Gasteiger partial charge in [-0.05, 0) is 56.9 Å². The zero-order valence-corrected chi connectivity index (χ0v) is 12.9. The van der Waals surface area contributed by atoms with Gasteiger partial charge < -0.3 is 0 Å². The van der Waals surface area contributed by atoms with Crippen molar-refractivity contribution in [1.29, 1.82) is 0 Å². The molecule has 2 rings (SSSR count). The highest BCUT2D eigenvalue weighted by atomic mass is 35.5. The summed E-state index contributed by atoms with van der Waals surface area (Å²) < 4.78 is 0. The average Bonchev–Trinajstić information content (AvgIpc) is 2.37. The fraction of sp³-hybridized carbons (Fsp3) is 0.375. The molecule has 0 saturated heterocycles. The molecule has 0 aliphatic heterocycles. The molecule has 0 atom stereocenters. The van der Waals surface area contributed by atoms with Crippen molar-refractivity contribution in [2.45, 2.75) is 41.0 Å². The Balaban J connectivity index is 2.65. The molecule has 1 heterocycles. The maximum absolute atomic E-state index is 6.22. The van der Waals surface area contributed by atoms with E-state index in [0.717, 1.165) is 29.1 Å². The Kier molecular flexibility index (Phi) is 3.91. The number of nitrogens with zero attached hydrogens (tertiary/aromatic N) is 2. The minimum absolute atomic E-state index is 0.555. The van der Waals surface area contributed by atoms with Crippen LogP contribution in [0.2, 0.25) is 5.15 Å². The maximum atomic E-state index is 6.22. The van der Waals surface area contributed by atoms with Gasteiger partial charge in [-0.15, -0.1) is 0 Å². The summed E-state index contributed by atoms with van der Waals surface area (Å²) in [5, 5.41) is 0.555. The van der Waals surface area contributed by atoms with Gasteiger partial charge in [0.2, 0.25) is 0 Å². The summed E-state index contributed by atoms with van der Waals surface area (Å²) in [6.45, 7) is 10.4. The number of aromatic nitrogens is 2. The third-order valence-corrected chi connectivity index (χ3v) is 3.97. The van der Waals surface area contributed by atoms with Crippen molar-refractivity contribution in [1.82, 2.24) is 9.97 Å². The molecule has 1 aromatic carbocycles. The van der Waals surface area contributed by atoms with Crippen LogP contribution in [-0.2, 0) is 6.42 Å². The van der Waals surface area contributed by atoms with Gasteiger partial charge in [0.1, 0.15) is 5.15 Å². The molecule has 0 radical (unpaired) electrons. The number of halogens is 1. The van der Waals surface area contributed by atoms with E-state index in [9.17, 15) is 0 Å². The second kappa shape index (κ2) is 5.30. The Morgan fingerprint density at radius 2 is 1.58 bits per heavy atom. The molecule has 0 aliphatic rings. The largest absolute Gasteiger partial charge is 0.233 e. The molecule has 3 heteroatoms. The van der Waals surface area contributed by atoms with Crippen LogP contribution in [-0.4, -0.2) is 9.97 Å². The van der Waals surface area contributed by atoms with E-state index in [1.165, 1.54) is 16.7 Å². The van der Waals surface area contributed by atoms with Gasteiger partial charge in [0, 0.05) is 16.8 Å². The smallest absolute Gasteiger partial charge is 0.161 e. The molecule has 2 nitrogen and oxygen atoms in total. The summed E-state index contributed by atoms with van der Waals surface area (Å²) in [4.78, 5) is 9.10. The molecule has 1 aromatic heterocycles. The van der Waals surface area contributed by atoms with Crippen LogP contribution in [0, 0.1) is 27.7 Å². The lowest BCUT2D eigenvalue weighted by Gasteiger charge is -2.11. The summed E-state index contributed by atoms with van der Waals surface area (Å²) in [6.07, 6.45) is 0.866. The Morgan fingerprint density at radius 1 is 0.947 bits per heavy atom. The highest BCUT2D eigenvalue weighted by Gasteiger charge is 2.12. The second-order valence-electron chi connectivity index (χ2n) is 5.01. The van der Waals surface area contributed by atoms with Gasteiger partial charge in [-0.3, -0.25) is 0 Å². The lowest BCUT2D eigenvalue weighted by molar-refractivity contribution is 0.975. The average molecular weight is 275 g/mol. The molecule has 0 bridgehead atoms. The SMILES string of the molecule is CCc1nc(-c2cc(C)c(C)cc2C)nc(Cl)c1C. The van der Waals surface area contributed by atoms with E-state index in [2.05, 4.69) is 49.8 Å². The number of hydrogen-bond donors (Lipinski definition) is 0. The van der Waals surface area contributed by atoms with Crippen LogP contribution in [0.25, 0.3) is 11.4 Å². The van der Waals surface area contributed by atoms with Crippen LogP contribution in [0.15, 0.2) is 12.1 Å². The number of rotatable bonds is 2. The predicted octanol–water partition coefficient (Wildman–Crippen LogP) is 4.59. The van der Waals surface area contributed by atoms with Crippen molar-refractivity contribution < 1.29 is 0 Å². The first kappa shape index (κ1) is 14.0. The number of aryl methyl sites for hydroxylation is 4. The van der Waals surface area contributed by atoms with Crippen molar-refractivity contribution in [3.8, 4) is 11.4 Å². The zero-order valence-electron chi connectivity index (χ0n) is 12.1. The molecule has 0 unspecified atom stereocenters. The van der Waals surface area contributed by atoms with Gasteiger partial charge in [-0.1, -0.05) is 24.6 Å². The van der Waals surface area contributed by atoms with Crippen LogP contribution < -0.4 is 0 Å². The Hall–Kier alpha value is -1.41. The predicted molar refractivity (Wildman–Crippen MR) is 80.8 cm³/mol. The third-order valence-electron chi connectivity index (χ3n) is 3.60. The van der Waals surface area contributed by atoms with E-state index >= 15 is 0 Å². The first-order valence-electron chi connectivity index (χ1n) is 6.55.